The molecule has 3 rings (SSSR count). The second-order valence-electron chi connectivity index (χ2n) is 6.45. The first kappa shape index (κ1) is 17.8. The van der Waals surface area contributed by atoms with Gasteiger partial charge in [-0.2, -0.15) is 0 Å². The van der Waals surface area contributed by atoms with Gasteiger partial charge in [0.05, 0.1) is 0 Å². The Morgan fingerprint density at radius 3 is 2.38 bits per heavy atom. The lowest BCUT2D eigenvalue weighted by Gasteiger charge is -2.28. The van der Waals surface area contributed by atoms with E-state index in [4.69, 9.17) is 4.74 Å². The number of ether oxygens (including phenoxy) is 1. The van der Waals surface area contributed by atoms with Gasteiger partial charge in [0.15, 0.2) is 23.5 Å². The van der Waals surface area contributed by atoms with Gasteiger partial charge >= 0.3 is 0 Å². The monoisotopic (exact) mass is 348 g/mol. The van der Waals surface area contributed by atoms with Crippen molar-refractivity contribution in [1.82, 2.24) is 0 Å². The van der Waals surface area contributed by atoms with Gasteiger partial charge in [-0.1, -0.05) is 42.5 Å². The van der Waals surface area contributed by atoms with E-state index in [1.807, 2.05) is 0 Å². The molecule has 132 valence electrons. The van der Waals surface area contributed by atoms with Gasteiger partial charge in [-0.25, -0.2) is 0 Å². The molecule has 0 saturated carbocycles. The van der Waals surface area contributed by atoms with Crippen LogP contribution in [0.15, 0.2) is 49.1 Å². The Balaban J connectivity index is 2.03. The molecule has 2 aromatic carbocycles. The van der Waals surface area contributed by atoms with Gasteiger partial charge in [0.1, 0.15) is 5.75 Å². The lowest BCUT2D eigenvalue weighted by molar-refractivity contribution is -0.126. The van der Waals surface area contributed by atoms with Crippen molar-refractivity contribution >= 4 is 17.3 Å². The number of ketones is 3. The van der Waals surface area contributed by atoms with E-state index in [1.54, 1.807) is 42.5 Å². The molecule has 0 bridgehead atoms. The van der Waals surface area contributed by atoms with E-state index >= 15 is 0 Å². The summed E-state index contributed by atoms with van der Waals surface area (Å²) in [6.45, 7) is 6.77. The van der Waals surface area contributed by atoms with Gasteiger partial charge in [-0.15, -0.1) is 6.58 Å². The van der Waals surface area contributed by atoms with E-state index in [0.29, 0.717) is 28.9 Å². The number of Topliss-reactive ketones (excluding diaryl/α,β-unsaturated/α-hetero) is 3. The molecule has 0 saturated heterocycles. The van der Waals surface area contributed by atoms with Crippen LogP contribution < -0.4 is 4.74 Å². The minimum atomic E-state index is -0.741. The molecule has 0 spiro atoms. The molecule has 0 radical (unpaired) electrons. The van der Waals surface area contributed by atoms with Crippen molar-refractivity contribution in [1.29, 1.82) is 0 Å². The summed E-state index contributed by atoms with van der Waals surface area (Å²) in [5.74, 6) is 0.468. The lowest BCUT2D eigenvalue weighted by Crippen LogP contribution is -2.27. The zero-order valence-electron chi connectivity index (χ0n) is 14.9. The maximum atomic E-state index is 12.6. The van der Waals surface area contributed by atoms with Crippen LogP contribution in [0.5, 0.6) is 5.75 Å². The first-order chi connectivity index (χ1) is 12.4. The molecule has 0 amide bonds. The van der Waals surface area contributed by atoms with Crippen molar-refractivity contribution in [3.05, 3.63) is 76.9 Å². The summed E-state index contributed by atoms with van der Waals surface area (Å²) in [7, 11) is 0. The third-order valence-corrected chi connectivity index (χ3v) is 4.58. The zero-order valence-corrected chi connectivity index (χ0v) is 14.9. The topological polar surface area (TPSA) is 60.4 Å². The molecule has 0 aromatic heterocycles. The van der Waals surface area contributed by atoms with Gasteiger partial charge in [-0.3, -0.25) is 14.4 Å². The van der Waals surface area contributed by atoms with E-state index in [0.717, 1.165) is 11.1 Å². The molecule has 1 heterocycles. The number of rotatable bonds is 5. The summed E-state index contributed by atoms with van der Waals surface area (Å²) in [6, 6.07) is 10.4. The second kappa shape index (κ2) is 7.08. The molecule has 4 nitrogen and oxygen atoms in total. The third-order valence-electron chi connectivity index (χ3n) is 4.58. The molecule has 26 heavy (non-hydrogen) atoms. The Kier molecular flexibility index (Phi) is 4.85. The van der Waals surface area contributed by atoms with Crippen molar-refractivity contribution in [2.24, 2.45) is 0 Å². The minimum Gasteiger partial charge on any atom is -0.477 e. The predicted octanol–water partition coefficient (Wildman–Crippen LogP) is 4.07. The highest BCUT2D eigenvalue weighted by molar-refractivity contribution is 5.98. The number of hydrogen-bond donors (Lipinski definition) is 0. The number of carbonyl (C=O) groups is 3. The Morgan fingerprint density at radius 2 is 1.81 bits per heavy atom. The smallest absolute Gasteiger partial charge is 0.182 e. The van der Waals surface area contributed by atoms with Gasteiger partial charge in [0, 0.05) is 28.7 Å². The molecule has 4 heteroatoms. The van der Waals surface area contributed by atoms with Gasteiger partial charge in [0.25, 0.3) is 0 Å². The van der Waals surface area contributed by atoms with Crippen LogP contribution in [0, 0.1) is 0 Å². The van der Waals surface area contributed by atoms with Gasteiger partial charge in [0.2, 0.25) is 0 Å². The van der Waals surface area contributed by atoms with Crippen LogP contribution in [0.2, 0.25) is 0 Å². The van der Waals surface area contributed by atoms with Crippen molar-refractivity contribution in [2.45, 2.75) is 32.8 Å². The predicted molar refractivity (Wildman–Crippen MR) is 98.9 cm³/mol. The summed E-state index contributed by atoms with van der Waals surface area (Å²) in [4.78, 5) is 36.0. The fourth-order valence-corrected chi connectivity index (χ4v) is 3.25. The molecular weight excluding hydrogens is 328 g/mol. The van der Waals surface area contributed by atoms with Crippen LogP contribution in [0.1, 0.15) is 57.4 Å². The fraction of sp³-hybridized carbons (Fsp3) is 0.227. The highest BCUT2D eigenvalue weighted by Crippen LogP contribution is 2.38. The summed E-state index contributed by atoms with van der Waals surface area (Å²) >= 11 is 0. The minimum absolute atomic E-state index is 0.0304. The molecule has 1 unspecified atom stereocenters. The van der Waals surface area contributed by atoms with Crippen LogP contribution in [0.3, 0.4) is 0 Å². The van der Waals surface area contributed by atoms with E-state index in [1.165, 1.54) is 13.8 Å². The summed E-state index contributed by atoms with van der Waals surface area (Å²) in [6.07, 6.45) is 1.71. The van der Waals surface area contributed by atoms with Gasteiger partial charge < -0.3 is 4.74 Å². The normalized spacial score (nSPS) is 15.8. The highest BCUT2D eigenvalue weighted by atomic mass is 16.5. The Labute approximate surface area is 152 Å². The molecule has 1 aliphatic heterocycles. The van der Waals surface area contributed by atoms with E-state index in [-0.39, 0.29) is 23.8 Å². The second-order valence-corrected chi connectivity index (χ2v) is 6.45. The Hall–Kier alpha value is -3.01. The number of hydrogen-bond acceptors (Lipinski definition) is 4. The molecule has 0 fully saturated rings. The summed E-state index contributed by atoms with van der Waals surface area (Å²) in [5.41, 5.74) is 3.42. The first-order valence-corrected chi connectivity index (χ1v) is 8.49. The SMILES string of the molecule is C=CCc1c(C(C)=O)ccc2c1OC(c1ccc(C(C)=O)cc1)C(=O)C2. The zero-order chi connectivity index (χ0) is 18.8. The van der Waals surface area contributed by atoms with E-state index in [2.05, 4.69) is 6.58 Å². The van der Waals surface area contributed by atoms with Crippen LogP contribution >= 0.6 is 0 Å². The molecular formula is C22H20O4. The molecule has 1 atom stereocenters. The highest BCUT2D eigenvalue weighted by Gasteiger charge is 2.31. The average Bonchev–Trinajstić information content (AvgIpc) is 2.61. The number of benzene rings is 2. The number of allylic oxidation sites excluding steroid dienone is 1. The average molecular weight is 348 g/mol. The van der Waals surface area contributed by atoms with Crippen molar-refractivity contribution in [2.75, 3.05) is 0 Å². The fourth-order valence-electron chi connectivity index (χ4n) is 3.25. The molecule has 1 aliphatic rings. The number of fused-ring (bicyclic) bond motifs is 1. The van der Waals surface area contributed by atoms with Crippen molar-refractivity contribution < 1.29 is 19.1 Å². The quantitative estimate of drug-likeness (QED) is 0.604. The lowest BCUT2D eigenvalue weighted by atomic mass is 9.90. The molecule has 0 N–H and O–H groups in total. The maximum Gasteiger partial charge on any atom is 0.182 e. The first-order valence-electron chi connectivity index (χ1n) is 8.49. The molecule has 2 aromatic rings. The maximum absolute atomic E-state index is 12.6. The van der Waals surface area contributed by atoms with E-state index < -0.39 is 6.10 Å². The van der Waals surface area contributed by atoms with Gasteiger partial charge in [-0.05, 0) is 25.8 Å². The third kappa shape index (κ3) is 3.23. The summed E-state index contributed by atoms with van der Waals surface area (Å²) < 4.78 is 6.07. The van der Waals surface area contributed by atoms with Crippen LogP contribution in [0.4, 0.5) is 0 Å². The van der Waals surface area contributed by atoms with Crippen molar-refractivity contribution in [3.8, 4) is 5.75 Å². The van der Waals surface area contributed by atoms with Crippen molar-refractivity contribution in [3.63, 3.8) is 0 Å². The van der Waals surface area contributed by atoms with E-state index in [9.17, 15) is 14.4 Å². The standard InChI is InChI=1S/C22H20O4/c1-4-5-19-18(14(3)24)11-10-17-12-20(25)22(26-21(17)19)16-8-6-15(7-9-16)13(2)23/h4,6-11,22H,1,5,12H2,2-3H3. The molecule has 0 aliphatic carbocycles. The Morgan fingerprint density at radius 1 is 1.12 bits per heavy atom. The van der Waals surface area contributed by atoms with Crippen LogP contribution in [-0.2, 0) is 17.6 Å². The Bertz CT molecular complexity index is 906. The largest absolute Gasteiger partial charge is 0.477 e. The summed E-state index contributed by atoms with van der Waals surface area (Å²) in [5, 5.41) is 0. The van der Waals surface area contributed by atoms with Crippen LogP contribution in [0.25, 0.3) is 0 Å². The van der Waals surface area contributed by atoms with Crippen LogP contribution in [-0.4, -0.2) is 17.3 Å². The number of carbonyl (C=O) groups excluding carboxylic acids is 3.